The Bertz CT molecular complexity index is 236. The number of hydrogen-bond acceptors (Lipinski definition) is 2. The van der Waals surface area contributed by atoms with E-state index in [1.54, 1.807) is 0 Å². The van der Waals surface area contributed by atoms with Crippen LogP contribution in [0.4, 0.5) is 0 Å². The molecule has 0 spiro atoms. The number of alkyl halides is 1. The minimum absolute atomic E-state index is 0.275. The van der Waals surface area contributed by atoms with E-state index in [-0.39, 0.29) is 12.2 Å². The number of carbonyl (C=O) groups excluding carboxylic acids is 1. The highest BCUT2D eigenvalue weighted by atomic mass is 79.9. The molecule has 0 aromatic rings. The van der Waals surface area contributed by atoms with Crippen molar-refractivity contribution in [3.05, 3.63) is 12.2 Å². The van der Waals surface area contributed by atoms with Gasteiger partial charge in [-0.2, -0.15) is 0 Å². The van der Waals surface area contributed by atoms with Crippen molar-refractivity contribution < 1.29 is 14.7 Å². The molecule has 0 aromatic carbocycles. The molecule has 3 nitrogen and oxygen atoms in total. The molecule has 1 N–H and O–H groups in total. The van der Waals surface area contributed by atoms with Gasteiger partial charge >= 0.3 is 5.97 Å². The third-order valence-electron chi connectivity index (χ3n) is 1.95. The molecule has 15 heavy (non-hydrogen) atoms. The molecule has 1 atom stereocenters. The summed E-state index contributed by atoms with van der Waals surface area (Å²) in [4.78, 5) is 20.6. The summed E-state index contributed by atoms with van der Waals surface area (Å²) in [5.74, 6) is -1.39. The lowest BCUT2D eigenvalue weighted by molar-refractivity contribution is -0.139. The molecule has 0 amide bonds. The first-order valence-corrected chi connectivity index (χ1v) is 6.05. The maximum absolute atomic E-state index is 11.2. The highest BCUT2D eigenvalue weighted by Crippen LogP contribution is 2.07. The minimum atomic E-state index is -1.12. The van der Waals surface area contributed by atoms with E-state index in [4.69, 9.17) is 5.11 Å². The zero-order valence-electron chi connectivity index (χ0n) is 8.91. The summed E-state index contributed by atoms with van der Waals surface area (Å²) in [5, 5.41) is 8.54. The summed E-state index contributed by atoms with van der Waals surface area (Å²) in [6.45, 7) is 2.12. The van der Waals surface area contributed by atoms with Gasteiger partial charge in [0.25, 0.3) is 0 Å². The number of ketones is 1. The van der Waals surface area contributed by atoms with Gasteiger partial charge in [-0.25, -0.2) is 0 Å². The molecule has 0 aliphatic heterocycles. The normalized spacial score (nSPS) is 12.9. The summed E-state index contributed by atoms with van der Waals surface area (Å²) in [6.07, 6.45) is 8.23. The molecule has 0 aromatic heterocycles. The van der Waals surface area contributed by atoms with Crippen molar-refractivity contribution in [2.75, 3.05) is 0 Å². The summed E-state index contributed by atoms with van der Waals surface area (Å²) in [6, 6.07) is 0. The highest BCUT2D eigenvalue weighted by Gasteiger charge is 2.20. The van der Waals surface area contributed by atoms with E-state index in [0.29, 0.717) is 6.42 Å². The second kappa shape index (κ2) is 8.65. The standard InChI is InChI=1S/C11H17BrO3/c1-2-3-4-5-6-7-8-9(13)10(12)11(14)15/h5-6,10H,2-4,7-8H2,1H3,(H,14,15). The first-order chi connectivity index (χ1) is 7.09. The van der Waals surface area contributed by atoms with Crippen molar-refractivity contribution >= 4 is 27.7 Å². The van der Waals surface area contributed by atoms with Crippen molar-refractivity contribution in [2.45, 2.75) is 43.9 Å². The van der Waals surface area contributed by atoms with E-state index in [1.807, 2.05) is 12.2 Å². The number of allylic oxidation sites excluding steroid dienone is 2. The van der Waals surface area contributed by atoms with Gasteiger partial charge in [0.15, 0.2) is 10.6 Å². The molecule has 86 valence electrons. The van der Waals surface area contributed by atoms with Crippen molar-refractivity contribution in [2.24, 2.45) is 0 Å². The predicted molar refractivity (Wildman–Crippen MR) is 63.3 cm³/mol. The van der Waals surface area contributed by atoms with E-state index >= 15 is 0 Å². The fourth-order valence-electron chi connectivity index (χ4n) is 1.05. The van der Waals surface area contributed by atoms with E-state index in [0.717, 1.165) is 19.3 Å². The van der Waals surface area contributed by atoms with Gasteiger partial charge in [0.1, 0.15) is 0 Å². The summed E-state index contributed by atoms with van der Waals surface area (Å²) < 4.78 is 0. The van der Waals surface area contributed by atoms with Crippen LogP contribution >= 0.6 is 15.9 Å². The van der Waals surface area contributed by atoms with Crippen LogP contribution < -0.4 is 0 Å². The topological polar surface area (TPSA) is 54.4 Å². The van der Waals surface area contributed by atoms with Gasteiger partial charge in [-0.1, -0.05) is 47.8 Å². The van der Waals surface area contributed by atoms with E-state index < -0.39 is 10.8 Å². The van der Waals surface area contributed by atoms with Gasteiger partial charge in [-0.05, 0) is 12.8 Å². The van der Waals surface area contributed by atoms with Gasteiger partial charge < -0.3 is 5.11 Å². The van der Waals surface area contributed by atoms with Gasteiger partial charge in [0.2, 0.25) is 0 Å². The predicted octanol–water partition coefficient (Wildman–Crippen LogP) is 2.93. The van der Waals surface area contributed by atoms with Crippen LogP contribution in [0.15, 0.2) is 12.2 Å². The minimum Gasteiger partial charge on any atom is -0.480 e. The molecule has 0 saturated carbocycles. The number of carboxylic acids is 1. The van der Waals surface area contributed by atoms with Crippen molar-refractivity contribution in [1.29, 1.82) is 0 Å². The average molecular weight is 277 g/mol. The SMILES string of the molecule is CCCCC=CCCC(=O)C(Br)C(=O)O. The van der Waals surface area contributed by atoms with Crippen LogP contribution in [0.1, 0.15) is 39.0 Å². The molecule has 0 bridgehead atoms. The van der Waals surface area contributed by atoms with Gasteiger partial charge in [-0.3, -0.25) is 9.59 Å². The third kappa shape index (κ3) is 7.31. The smallest absolute Gasteiger partial charge is 0.324 e. The summed E-state index contributed by atoms with van der Waals surface area (Å²) in [5.41, 5.74) is 0. The number of halogens is 1. The molecule has 0 aliphatic rings. The zero-order valence-corrected chi connectivity index (χ0v) is 10.5. The average Bonchev–Trinajstić information content (AvgIpc) is 2.21. The van der Waals surface area contributed by atoms with E-state index in [1.165, 1.54) is 0 Å². The van der Waals surface area contributed by atoms with Gasteiger partial charge in [-0.15, -0.1) is 0 Å². The van der Waals surface area contributed by atoms with Crippen LogP contribution in [-0.2, 0) is 9.59 Å². The number of aliphatic carboxylic acids is 1. The number of rotatable bonds is 8. The lowest BCUT2D eigenvalue weighted by Crippen LogP contribution is -2.23. The highest BCUT2D eigenvalue weighted by molar-refractivity contribution is 9.10. The van der Waals surface area contributed by atoms with Crippen LogP contribution in [0.3, 0.4) is 0 Å². The zero-order chi connectivity index (χ0) is 11.7. The molecular weight excluding hydrogens is 260 g/mol. The maximum Gasteiger partial charge on any atom is 0.324 e. The molecule has 0 saturated heterocycles. The number of carbonyl (C=O) groups is 2. The Labute approximate surface area is 98.7 Å². The third-order valence-corrected chi connectivity index (χ3v) is 2.85. The van der Waals surface area contributed by atoms with Crippen LogP contribution in [0.2, 0.25) is 0 Å². The Balaban J connectivity index is 3.63. The second-order valence-electron chi connectivity index (χ2n) is 3.32. The Morgan fingerprint density at radius 2 is 1.93 bits per heavy atom. The monoisotopic (exact) mass is 276 g/mol. The molecule has 0 heterocycles. The first kappa shape index (κ1) is 14.4. The molecule has 1 unspecified atom stereocenters. The number of hydrogen-bond donors (Lipinski definition) is 1. The van der Waals surface area contributed by atoms with E-state index in [2.05, 4.69) is 22.9 Å². The molecule has 4 heteroatoms. The lowest BCUT2D eigenvalue weighted by Gasteiger charge is -2.00. The molecule has 0 fully saturated rings. The summed E-state index contributed by atoms with van der Waals surface area (Å²) >= 11 is 2.83. The van der Waals surface area contributed by atoms with Gasteiger partial charge in [0, 0.05) is 6.42 Å². The number of Topliss-reactive ketones (excluding diaryl/α,β-unsaturated/α-hetero) is 1. The Morgan fingerprint density at radius 1 is 1.33 bits per heavy atom. The largest absolute Gasteiger partial charge is 0.480 e. The Hall–Kier alpha value is -0.640. The molecular formula is C11H17BrO3. The fraction of sp³-hybridized carbons (Fsp3) is 0.636. The van der Waals surface area contributed by atoms with E-state index in [9.17, 15) is 9.59 Å². The Kier molecular flexibility index (Phi) is 8.28. The number of unbranched alkanes of at least 4 members (excludes halogenated alkanes) is 2. The van der Waals surface area contributed by atoms with Crippen molar-refractivity contribution in [1.82, 2.24) is 0 Å². The maximum atomic E-state index is 11.2. The molecule has 0 aliphatic carbocycles. The van der Waals surface area contributed by atoms with Crippen LogP contribution in [0.25, 0.3) is 0 Å². The van der Waals surface area contributed by atoms with Crippen molar-refractivity contribution in [3.8, 4) is 0 Å². The summed E-state index contributed by atoms with van der Waals surface area (Å²) in [7, 11) is 0. The van der Waals surface area contributed by atoms with Crippen molar-refractivity contribution in [3.63, 3.8) is 0 Å². The molecule has 0 radical (unpaired) electrons. The molecule has 0 rings (SSSR count). The second-order valence-corrected chi connectivity index (χ2v) is 4.24. The van der Waals surface area contributed by atoms with Crippen LogP contribution in [-0.4, -0.2) is 21.7 Å². The van der Waals surface area contributed by atoms with Crippen LogP contribution in [0.5, 0.6) is 0 Å². The Morgan fingerprint density at radius 3 is 2.47 bits per heavy atom. The number of carboxylic acid groups (broad SMARTS) is 1. The lowest BCUT2D eigenvalue weighted by atomic mass is 10.1. The van der Waals surface area contributed by atoms with Gasteiger partial charge in [0.05, 0.1) is 0 Å². The quantitative estimate of drug-likeness (QED) is 0.321. The van der Waals surface area contributed by atoms with Crippen LogP contribution in [0, 0.1) is 0 Å². The fourth-order valence-corrected chi connectivity index (χ4v) is 1.28. The first-order valence-electron chi connectivity index (χ1n) is 5.14.